The van der Waals surface area contributed by atoms with Gasteiger partial charge < -0.3 is 20.1 Å². The van der Waals surface area contributed by atoms with Gasteiger partial charge in [0, 0.05) is 13.7 Å². The normalized spacial score (nSPS) is 14.0. The molecule has 0 saturated heterocycles. The molecular weight excluding hydrogens is 304 g/mol. The zero-order valence-electron chi connectivity index (χ0n) is 15.9. The van der Waals surface area contributed by atoms with Crippen LogP contribution in [-0.4, -0.2) is 47.9 Å². The van der Waals surface area contributed by atoms with Crippen molar-refractivity contribution in [2.45, 2.75) is 109 Å². The van der Waals surface area contributed by atoms with E-state index in [9.17, 15) is 10.2 Å². The van der Waals surface area contributed by atoms with Crippen molar-refractivity contribution in [3.8, 4) is 0 Å². The van der Waals surface area contributed by atoms with E-state index < -0.39 is 12.2 Å². The van der Waals surface area contributed by atoms with Crippen molar-refractivity contribution in [2.24, 2.45) is 0 Å². The number of unbranched alkanes of at least 4 members (excludes halogenated alkanes) is 13. The fourth-order valence-corrected chi connectivity index (χ4v) is 3.04. The van der Waals surface area contributed by atoms with Gasteiger partial charge >= 0.3 is 0 Å². The van der Waals surface area contributed by atoms with E-state index in [1.165, 1.54) is 77.0 Å². The summed E-state index contributed by atoms with van der Waals surface area (Å²) in [5, 5.41) is 27.5. The quantitative estimate of drug-likeness (QED) is 0.307. The van der Waals surface area contributed by atoms with Crippen LogP contribution in [0.1, 0.15) is 96.3 Å². The number of hydrogen-bond acceptors (Lipinski definition) is 4. The standard InChI is InChI=1S/C20H42O4/c1-24-17-15-13-11-9-7-5-3-2-4-6-8-10-12-14-16-19(22)20(23)18-21/h19-23H,2-18H2,1H3. The molecule has 4 heteroatoms. The minimum atomic E-state index is -0.977. The van der Waals surface area contributed by atoms with Crippen LogP contribution in [-0.2, 0) is 4.74 Å². The molecule has 0 heterocycles. The van der Waals surface area contributed by atoms with Crippen LogP contribution in [0.15, 0.2) is 0 Å². The summed E-state index contributed by atoms with van der Waals surface area (Å²) in [7, 11) is 1.77. The van der Waals surface area contributed by atoms with E-state index in [-0.39, 0.29) is 6.61 Å². The Hall–Kier alpha value is -0.160. The van der Waals surface area contributed by atoms with Crippen molar-refractivity contribution in [1.29, 1.82) is 0 Å². The van der Waals surface area contributed by atoms with Crippen LogP contribution in [0.3, 0.4) is 0 Å². The monoisotopic (exact) mass is 346 g/mol. The fourth-order valence-electron chi connectivity index (χ4n) is 3.04. The van der Waals surface area contributed by atoms with E-state index in [4.69, 9.17) is 9.84 Å². The Morgan fingerprint density at radius 3 is 1.33 bits per heavy atom. The molecule has 0 saturated carbocycles. The van der Waals surface area contributed by atoms with E-state index >= 15 is 0 Å². The second kappa shape index (κ2) is 19.2. The molecule has 0 aliphatic rings. The summed E-state index contributed by atoms with van der Waals surface area (Å²) in [6.07, 6.45) is 16.8. The molecule has 24 heavy (non-hydrogen) atoms. The van der Waals surface area contributed by atoms with Gasteiger partial charge in [-0.05, 0) is 12.8 Å². The predicted octanol–water partition coefficient (Wildman–Crippen LogP) is 4.20. The van der Waals surface area contributed by atoms with Crippen LogP contribution in [0.25, 0.3) is 0 Å². The van der Waals surface area contributed by atoms with Gasteiger partial charge in [0.1, 0.15) is 6.10 Å². The summed E-state index contributed by atoms with van der Waals surface area (Å²) < 4.78 is 5.05. The number of hydrogen-bond donors (Lipinski definition) is 3. The molecule has 0 aromatic heterocycles. The van der Waals surface area contributed by atoms with Gasteiger partial charge in [0.25, 0.3) is 0 Å². The molecule has 0 rings (SSSR count). The first kappa shape index (κ1) is 23.8. The summed E-state index contributed by atoms with van der Waals surface area (Å²) in [6.45, 7) is 0.556. The number of rotatable bonds is 19. The molecule has 0 fully saturated rings. The molecule has 0 amide bonds. The van der Waals surface area contributed by atoms with Crippen molar-refractivity contribution < 1.29 is 20.1 Å². The highest BCUT2D eigenvalue weighted by molar-refractivity contribution is 4.65. The molecule has 0 bridgehead atoms. The maximum absolute atomic E-state index is 9.52. The van der Waals surface area contributed by atoms with Crippen LogP contribution in [0.4, 0.5) is 0 Å². The molecular formula is C20H42O4. The third-order valence-corrected chi connectivity index (χ3v) is 4.73. The zero-order chi connectivity index (χ0) is 17.9. The van der Waals surface area contributed by atoms with Crippen LogP contribution in [0.5, 0.6) is 0 Å². The summed E-state index contributed by atoms with van der Waals surface area (Å²) in [6, 6.07) is 0. The van der Waals surface area contributed by atoms with Crippen LogP contribution in [0, 0.1) is 0 Å². The third-order valence-electron chi connectivity index (χ3n) is 4.73. The van der Waals surface area contributed by atoms with E-state index in [0.29, 0.717) is 6.42 Å². The van der Waals surface area contributed by atoms with Crippen LogP contribution < -0.4 is 0 Å². The first-order valence-electron chi connectivity index (χ1n) is 10.2. The van der Waals surface area contributed by atoms with Gasteiger partial charge in [0.05, 0.1) is 12.7 Å². The van der Waals surface area contributed by atoms with Crippen molar-refractivity contribution in [3.63, 3.8) is 0 Å². The largest absolute Gasteiger partial charge is 0.394 e. The number of aliphatic hydroxyl groups excluding tert-OH is 3. The lowest BCUT2D eigenvalue weighted by Gasteiger charge is -2.14. The average molecular weight is 347 g/mol. The molecule has 146 valence electrons. The maximum Gasteiger partial charge on any atom is 0.103 e. The van der Waals surface area contributed by atoms with Crippen molar-refractivity contribution in [3.05, 3.63) is 0 Å². The molecule has 4 nitrogen and oxygen atoms in total. The van der Waals surface area contributed by atoms with E-state index in [1.54, 1.807) is 7.11 Å². The SMILES string of the molecule is COCCCCCCCCCCCCCCCCC(O)C(O)CO. The highest BCUT2D eigenvalue weighted by Gasteiger charge is 2.13. The number of ether oxygens (including phenoxy) is 1. The first-order valence-corrected chi connectivity index (χ1v) is 10.2. The predicted molar refractivity (Wildman–Crippen MR) is 100 cm³/mol. The van der Waals surface area contributed by atoms with E-state index in [0.717, 1.165) is 19.4 Å². The molecule has 0 radical (unpaired) electrons. The molecule has 0 spiro atoms. The lowest BCUT2D eigenvalue weighted by molar-refractivity contribution is -0.0185. The van der Waals surface area contributed by atoms with E-state index in [2.05, 4.69) is 0 Å². The fraction of sp³-hybridized carbons (Fsp3) is 1.00. The first-order chi connectivity index (χ1) is 11.7. The Morgan fingerprint density at radius 2 is 0.958 bits per heavy atom. The Kier molecular flexibility index (Phi) is 19.0. The van der Waals surface area contributed by atoms with Crippen molar-refractivity contribution in [2.75, 3.05) is 20.3 Å². The molecule has 0 aromatic rings. The second-order valence-corrected chi connectivity index (χ2v) is 7.05. The third kappa shape index (κ3) is 16.7. The Bertz CT molecular complexity index is 236. The van der Waals surface area contributed by atoms with Gasteiger partial charge in [-0.25, -0.2) is 0 Å². The molecule has 2 unspecified atom stereocenters. The van der Waals surface area contributed by atoms with E-state index in [1.807, 2.05) is 0 Å². The summed E-state index contributed by atoms with van der Waals surface area (Å²) in [5.74, 6) is 0. The second-order valence-electron chi connectivity index (χ2n) is 7.05. The van der Waals surface area contributed by atoms with Crippen LogP contribution >= 0.6 is 0 Å². The molecule has 0 aliphatic carbocycles. The Balaban J connectivity index is 3.08. The topological polar surface area (TPSA) is 69.9 Å². The lowest BCUT2D eigenvalue weighted by atomic mass is 10.0. The smallest absolute Gasteiger partial charge is 0.103 e. The lowest BCUT2D eigenvalue weighted by Crippen LogP contribution is -2.28. The Morgan fingerprint density at radius 1 is 0.583 bits per heavy atom. The molecule has 3 N–H and O–H groups in total. The Labute approximate surface area is 149 Å². The molecule has 0 aromatic carbocycles. The van der Waals surface area contributed by atoms with Gasteiger partial charge in [0.2, 0.25) is 0 Å². The zero-order valence-corrected chi connectivity index (χ0v) is 15.9. The van der Waals surface area contributed by atoms with Gasteiger partial charge in [-0.2, -0.15) is 0 Å². The van der Waals surface area contributed by atoms with Gasteiger partial charge in [-0.3, -0.25) is 0 Å². The maximum atomic E-state index is 9.52. The van der Waals surface area contributed by atoms with Crippen molar-refractivity contribution in [1.82, 2.24) is 0 Å². The summed E-state index contributed by atoms with van der Waals surface area (Å²) >= 11 is 0. The summed E-state index contributed by atoms with van der Waals surface area (Å²) in [5.41, 5.74) is 0. The molecule has 0 aliphatic heterocycles. The van der Waals surface area contributed by atoms with Crippen LogP contribution in [0.2, 0.25) is 0 Å². The highest BCUT2D eigenvalue weighted by atomic mass is 16.5. The average Bonchev–Trinajstić information content (AvgIpc) is 2.60. The van der Waals surface area contributed by atoms with Gasteiger partial charge in [-0.1, -0.05) is 83.5 Å². The molecule has 2 atom stereocenters. The van der Waals surface area contributed by atoms with Gasteiger partial charge in [-0.15, -0.1) is 0 Å². The minimum Gasteiger partial charge on any atom is -0.394 e. The van der Waals surface area contributed by atoms with Gasteiger partial charge in [0.15, 0.2) is 0 Å². The number of aliphatic hydroxyl groups is 3. The van der Waals surface area contributed by atoms with Crippen molar-refractivity contribution >= 4 is 0 Å². The highest BCUT2D eigenvalue weighted by Crippen LogP contribution is 2.14. The number of methoxy groups -OCH3 is 1. The summed E-state index contributed by atoms with van der Waals surface area (Å²) in [4.78, 5) is 0. The minimum absolute atomic E-state index is 0.352.